The predicted octanol–water partition coefficient (Wildman–Crippen LogP) is 6.56. The summed E-state index contributed by atoms with van der Waals surface area (Å²) in [6.45, 7) is 8.74. The average Bonchev–Trinajstić information content (AvgIpc) is 2.90. The lowest BCUT2D eigenvalue weighted by Gasteiger charge is -2.19. The average molecular weight is 499 g/mol. The van der Waals surface area contributed by atoms with Crippen molar-refractivity contribution in [3.63, 3.8) is 0 Å². The lowest BCUT2D eigenvalue weighted by molar-refractivity contribution is 0.668. The minimum Gasteiger partial charge on any atom is -0.313 e. The van der Waals surface area contributed by atoms with Crippen LogP contribution in [0.25, 0.3) is 0 Å². The Kier molecular flexibility index (Phi) is 13.1. The van der Waals surface area contributed by atoms with Gasteiger partial charge in [0, 0.05) is 32.1 Å². The van der Waals surface area contributed by atoms with Gasteiger partial charge in [-0.15, -0.1) is 0 Å². The number of nitrogens with one attached hydrogen (secondary N) is 2. The van der Waals surface area contributed by atoms with Crippen LogP contribution in [0.1, 0.15) is 46.6 Å². The Hall–Kier alpha value is -1.99. The van der Waals surface area contributed by atoms with E-state index in [-0.39, 0.29) is 0 Å². The van der Waals surface area contributed by atoms with Crippen LogP contribution in [0.2, 0.25) is 25.2 Å². The topological polar surface area (TPSA) is 24.1 Å². The van der Waals surface area contributed by atoms with Crippen LogP contribution in [0.5, 0.6) is 0 Å². The summed E-state index contributed by atoms with van der Waals surface area (Å²) in [6, 6.07) is 32.2. The first kappa shape index (κ1) is 27.6. The van der Waals surface area contributed by atoms with Crippen molar-refractivity contribution in [2.45, 2.75) is 69.9 Å². The molecule has 0 heterocycles. The van der Waals surface area contributed by atoms with Crippen LogP contribution in [-0.4, -0.2) is 32.1 Å². The Balaban J connectivity index is 1.56. The van der Waals surface area contributed by atoms with Gasteiger partial charge >= 0.3 is 0 Å². The van der Waals surface area contributed by atoms with Gasteiger partial charge in [-0.25, -0.2) is 0 Å². The molecule has 4 heteroatoms. The molecule has 0 atom stereocenters. The smallest absolute Gasteiger partial charge is 0.0343 e. The predicted molar refractivity (Wildman–Crippen MR) is 155 cm³/mol. The van der Waals surface area contributed by atoms with Gasteiger partial charge in [-0.3, -0.25) is 0 Å². The van der Waals surface area contributed by atoms with Gasteiger partial charge in [-0.1, -0.05) is 104 Å². The third-order valence-electron chi connectivity index (χ3n) is 6.50. The zero-order chi connectivity index (χ0) is 24.6. The van der Waals surface area contributed by atoms with Crippen LogP contribution in [-0.2, 0) is 25.9 Å². The molecule has 35 heavy (non-hydrogen) atoms. The molecule has 184 valence electrons. The molecule has 2 N–H and O–H groups in total. The molecular formula is C31H42N2Si2. The molecule has 0 bridgehead atoms. The molecule has 0 saturated carbocycles. The Morgan fingerprint density at radius 1 is 0.571 bits per heavy atom. The first-order valence-electron chi connectivity index (χ1n) is 13.2. The van der Waals surface area contributed by atoms with Crippen molar-refractivity contribution in [1.82, 2.24) is 10.6 Å². The highest BCUT2D eigenvalue weighted by Gasteiger charge is 2.14. The van der Waals surface area contributed by atoms with Crippen LogP contribution in [0.4, 0.5) is 0 Å². The van der Waals surface area contributed by atoms with Gasteiger partial charge in [0.25, 0.3) is 0 Å². The maximum atomic E-state index is 3.58. The number of hydrogen-bond acceptors (Lipinski definition) is 2. The summed E-state index contributed by atoms with van der Waals surface area (Å²) in [5.74, 6) is 0.480. The number of benzene rings is 3. The van der Waals surface area contributed by atoms with Gasteiger partial charge in [0.15, 0.2) is 0 Å². The fraction of sp³-hybridized carbons (Fsp3) is 0.419. The summed E-state index contributed by atoms with van der Waals surface area (Å²) in [4.78, 5) is 0. The SMILES string of the molecule is C[Si]CCCNCc1ccc(CC(Cc2ccc(CNCCC[Si]C)cc2)c2ccccc2)cc1. The van der Waals surface area contributed by atoms with Crippen molar-refractivity contribution < 1.29 is 0 Å². The molecular weight excluding hydrogens is 457 g/mol. The van der Waals surface area contributed by atoms with E-state index < -0.39 is 0 Å². The summed E-state index contributed by atoms with van der Waals surface area (Å²) in [7, 11) is 2.13. The minimum absolute atomic E-state index is 0.480. The summed E-state index contributed by atoms with van der Waals surface area (Å²) >= 11 is 0. The highest BCUT2D eigenvalue weighted by atomic mass is 28.2. The summed E-state index contributed by atoms with van der Waals surface area (Å²) in [5, 5.41) is 7.16. The van der Waals surface area contributed by atoms with Crippen molar-refractivity contribution in [3.8, 4) is 0 Å². The first-order valence-corrected chi connectivity index (χ1v) is 16.6. The minimum atomic E-state index is 0.480. The quantitative estimate of drug-likeness (QED) is 0.163. The molecule has 2 nitrogen and oxygen atoms in total. The molecule has 4 radical (unpaired) electrons. The van der Waals surface area contributed by atoms with E-state index in [1.165, 1.54) is 52.7 Å². The highest BCUT2D eigenvalue weighted by molar-refractivity contribution is 6.33. The van der Waals surface area contributed by atoms with Gasteiger partial charge in [-0.05, 0) is 72.5 Å². The maximum Gasteiger partial charge on any atom is 0.0343 e. The van der Waals surface area contributed by atoms with Gasteiger partial charge in [0.1, 0.15) is 0 Å². The Labute approximate surface area is 219 Å². The Morgan fingerprint density at radius 3 is 1.43 bits per heavy atom. The van der Waals surface area contributed by atoms with E-state index >= 15 is 0 Å². The zero-order valence-electron chi connectivity index (χ0n) is 21.7. The van der Waals surface area contributed by atoms with Crippen LogP contribution in [0.3, 0.4) is 0 Å². The Morgan fingerprint density at radius 2 is 1.00 bits per heavy atom. The molecule has 0 aliphatic rings. The van der Waals surface area contributed by atoms with Gasteiger partial charge in [0.2, 0.25) is 0 Å². The molecule has 0 amide bonds. The molecule has 3 aromatic carbocycles. The summed E-state index contributed by atoms with van der Waals surface area (Å²) in [5.41, 5.74) is 7.02. The second-order valence-electron chi connectivity index (χ2n) is 9.42. The fourth-order valence-electron chi connectivity index (χ4n) is 4.43. The van der Waals surface area contributed by atoms with Crippen LogP contribution in [0.15, 0.2) is 78.9 Å². The molecule has 3 aromatic rings. The van der Waals surface area contributed by atoms with Crippen molar-refractivity contribution in [3.05, 3.63) is 107 Å². The van der Waals surface area contributed by atoms with E-state index in [0.717, 1.165) is 58.1 Å². The monoisotopic (exact) mass is 498 g/mol. The van der Waals surface area contributed by atoms with E-state index in [1.54, 1.807) is 0 Å². The van der Waals surface area contributed by atoms with Crippen LogP contribution >= 0.6 is 0 Å². The second kappa shape index (κ2) is 16.6. The van der Waals surface area contributed by atoms with Crippen molar-refractivity contribution in [2.75, 3.05) is 13.1 Å². The maximum absolute atomic E-state index is 3.58. The molecule has 0 aliphatic heterocycles. The zero-order valence-corrected chi connectivity index (χ0v) is 23.7. The van der Waals surface area contributed by atoms with Crippen molar-refractivity contribution in [1.29, 1.82) is 0 Å². The van der Waals surface area contributed by atoms with Crippen molar-refractivity contribution >= 4 is 19.0 Å². The third kappa shape index (κ3) is 10.7. The molecule has 0 aromatic heterocycles. The van der Waals surface area contributed by atoms with Crippen molar-refractivity contribution in [2.24, 2.45) is 0 Å². The second-order valence-corrected chi connectivity index (χ2v) is 11.8. The van der Waals surface area contributed by atoms with Gasteiger partial charge < -0.3 is 10.6 Å². The van der Waals surface area contributed by atoms with E-state index in [1.807, 2.05) is 0 Å². The number of rotatable bonds is 17. The number of hydrogen-bond donors (Lipinski definition) is 2. The molecule has 0 saturated heterocycles. The lowest BCUT2D eigenvalue weighted by atomic mass is 9.86. The van der Waals surface area contributed by atoms with E-state index in [9.17, 15) is 0 Å². The van der Waals surface area contributed by atoms with Gasteiger partial charge in [0.05, 0.1) is 0 Å². The highest BCUT2D eigenvalue weighted by Crippen LogP contribution is 2.26. The third-order valence-corrected chi connectivity index (χ3v) is 8.21. The summed E-state index contributed by atoms with van der Waals surface area (Å²) in [6.07, 6.45) is 4.69. The normalized spacial score (nSPS) is 11.3. The largest absolute Gasteiger partial charge is 0.313 e. The van der Waals surface area contributed by atoms with Gasteiger partial charge in [-0.2, -0.15) is 0 Å². The standard InChI is InChI=1S/C31H42N2Si2/c1-34-20-6-18-32-24-28-14-10-26(11-15-28)22-31(30-8-4-3-5-9-30)23-27-12-16-29(17-13-27)25-33-19-7-21-35-2/h3-5,8-17,31-33H,6-7,18-25H2,1-2H3. The van der Waals surface area contributed by atoms with E-state index in [0.29, 0.717) is 5.92 Å². The summed E-state index contributed by atoms with van der Waals surface area (Å²) < 4.78 is 0. The lowest BCUT2D eigenvalue weighted by Crippen LogP contribution is -2.15. The molecule has 0 spiro atoms. The molecule has 3 rings (SSSR count). The molecule has 0 unspecified atom stereocenters. The van der Waals surface area contributed by atoms with Crippen LogP contribution < -0.4 is 10.6 Å². The fourth-order valence-corrected chi connectivity index (χ4v) is 5.49. The Bertz CT molecular complexity index is 867. The molecule has 0 aliphatic carbocycles. The van der Waals surface area contributed by atoms with E-state index in [4.69, 9.17) is 0 Å². The van der Waals surface area contributed by atoms with Crippen LogP contribution in [0, 0.1) is 0 Å². The molecule has 0 fully saturated rings. The first-order chi connectivity index (χ1) is 17.3. The van der Waals surface area contributed by atoms with E-state index in [2.05, 4.69) is 103 Å².